The molecular weight excluding hydrogens is 370 g/mol. The quantitative estimate of drug-likeness (QED) is 0.752. The molecule has 1 fully saturated rings. The lowest BCUT2D eigenvalue weighted by Gasteiger charge is -2.41. The number of alkyl halides is 2. The molecule has 0 spiro atoms. The maximum atomic E-state index is 13.2. The number of likely N-dealkylation sites (N-methyl/N-ethyl adjacent to an activating group) is 1. The number of carbonyl (C=O) groups excluding carboxylic acids is 1. The van der Waals surface area contributed by atoms with E-state index in [2.05, 4.69) is 9.84 Å². The molecule has 1 amide bonds. The average Bonchev–Trinajstić information content (AvgIpc) is 3.06. The Kier molecular flexibility index (Phi) is 6.25. The van der Waals surface area contributed by atoms with Crippen molar-refractivity contribution in [1.82, 2.24) is 19.6 Å². The number of aromatic nitrogens is 2. The Balaban J connectivity index is 1.91. The Morgan fingerprint density at radius 1 is 1.43 bits per heavy atom. The number of carbonyl (C=O) groups is 1. The minimum absolute atomic E-state index is 0.0446. The van der Waals surface area contributed by atoms with E-state index in [-0.39, 0.29) is 29.4 Å². The van der Waals surface area contributed by atoms with Gasteiger partial charge in [-0.05, 0) is 32.3 Å². The Hall–Kier alpha value is -2.52. The third-order valence-corrected chi connectivity index (χ3v) is 4.53. The van der Waals surface area contributed by atoms with Crippen molar-refractivity contribution in [2.75, 3.05) is 33.8 Å². The Labute approximate surface area is 162 Å². The third-order valence-electron chi connectivity index (χ3n) is 4.53. The van der Waals surface area contributed by atoms with E-state index in [1.54, 1.807) is 21.8 Å². The molecule has 1 aliphatic rings. The molecule has 1 saturated heterocycles. The Morgan fingerprint density at radius 3 is 2.86 bits per heavy atom. The van der Waals surface area contributed by atoms with Crippen LogP contribution in [-0.2, 0) is 11.8 Å². The lowest BCUT2D eigenvalue weighted by atomic mass is 9.99. The molecule has 0 bridgehead atoms. The SMILES string of the molecule is CN(C)C[C@@H]1OCCN(C(=O)c2cccc(OC(F)F)c2)[C@H]1c1cnn(C)c1. The predicted octanol–water partition coefficient (Wildman–Crippen LogP) is 2.17. The van der Waals surface area contributed by atoms with Crippen LogP contribution < -0.4 is 4.74 Å². The zero-order valence-electron chi connectivity index (χ0n) is 16.1. The number of hydrogen-bond donors (Lipinski definition) is 0. The van der Waals surface area contributed by atoms with E-state index in [0.717, 1.165) is 5.56 Å². The zero-order chi connectivity index (χ0) is 20.3. The van der Waals surface area contributed by atoms with Crippen LogP contribution in [0, 0.1) is 0 Å². The van der Waals surface area contributed by atoms with Crippen molar-refractivity contribution < 1.29 is 23.0 Å². The monoisotopic (exact) mass is 394 g/mol. The van der Waals surface area contributed by atoms with Gasteiger partial charge < -0.3 is 19.3 Å². The number of aryl methyl sites for hydroxylation is 1. The molecule has 0 N–H and O–H groups in total. The summed E-state index contributed by atoms with van der Waals surface area (Å²) in [4.78, 5) is 17.0. The van der Waals surface area contributed by atoms with Crippen molar-refractivity contribution in [1.29, 1.82) is 0 Å². The van der Waals surface area contributed by atoms with Gasteiger partial charge in [0.05, 0.1) is 24.9 Å². The molecular formula is C19H24F2N4O3. The fourth-order valence-electron chi connectivity index (χ4n) is 3.43. The number of halogens is 2. The second-order valence-electron chi connectivity index (χ2n) is 6.97. The van der Waals surface area contributed by atoms with Crippen LogP contribution in [0.5, 0.6) is 5.75 Å². The molecule has 2 heterocycles. The first-order valence-electron chi connectivity index (χ1n) is 8.96. The van der Waals surface area contributed by atoms with Crippen molar-refractivity contribution in [3.05, 3.63) is 47.8 Å². The summed E-state index contributed by atoms with van der Waals surface area (Å²) in [7, 11) is 5.69. The van der Waals surface area contributed by atoms with Crippen LogP contribution in [0.2, 0.25) is 0 Å². The second-order valence-corrected chi connectivity index (χ2v) is 6.97. The summed E-state index contributed by atoms with van der Waals surface area (Å²) in [6.07, 6.45) is 3.34. The number of morpholine rings is 1. The molecule has 1 aromatic heterocycles. The van der Waals surface area contributed by atoms with E-state index in [1.165, 1.54) is 18.2 Å². The van der Waals surface area contributed by atoms with Crippen LogP contribution in [0.3, 0.4) is 0 Å². The smallest absolute Gasteiger partial charge is 0.387 e. The molecule has 0 unspecified atom stereocenters. The highest BCUT2D eigenvalue weighted by Crippen LogP contribution is 2.31. The molecule has 2 atom stereocenters. The van der Waals surface area contributed by atoms with Crippen LogP contribution in [0.4, 0.5) is 8.78 Å². The van der Waals surface area contributed by atoms with Gasteiger partial charge in [-0.25, -0.2) is 0 Å². The topological polar surface area (TPSA) is 59.8 Å². The normalized spacial score (nSPS) is 20.0. The number of ether oxygens (including phenoxy) is 2. The summed E-state index contributed by atoms with van der Waals surface area (Å²) >= 11 is 0. The first-order chi connectivity index (χ1) is 13.3. The zero-order valence-corrected chi connectivity index (χ0v) is 16.1. The van der Waals surface area contributed by atoms with Gasteiger partial charge >= 0.3 is 6.61 Å². The largest absolute Gasteiger partial charge is 0.435 e. The molecule has 28 heavy (non-hydrogen) atoms. The standard InChI is InChI=1S/C19H24F2N4O3/c1-23(2)12-16-17(14-10-22-24(3)11-14)25(7-8-27-16)18(26)13-5-4-6-15(9-13)28-19(20)21/h4-6,9-11,16-17,19H,7-8,12H2,1-3H3/t16-,17-/m0/s1. The van der Waals surface area contributed by atoms with Gasteiger partial charge in [-0.3, -0.25) is 9.48 Å². The van der Waals surface area contributed by atoms with Gasteiger partial charge in [0, 0.05) is 37.5 Å². The maximum absolute atomic E-state index is 13.2. The molecule has 1 aliphatic heterocycles. The summed E-state index contributed by atoms with van der Waals surface area (Å²) < 4.78 is 37.1. The van der Waals surface area contributed by atoms with E-state index in [4.69, 9.17) is 4.74 Å². The average molecular weight is 394 g/mol. The molecule has 0 radical (unpaired) electrons. The van der Waals surface area contributed by atoms with E-state index in [1.807, 2.05) is 32.2 Å². The van der Waals surface area contributed by atoms with Crippen molar-refractivity contribution >= 4 is 5.91 Å². The summed E-state index contributed by atoms with van der Waals surface area (Å²) in [6.45, 7) is -1.53. The summed E-state index contributed by atoms with van der Waals surface area (Å²) in [6, 6.07) is 5.53. The number of amides is 1. The van der Waals surface area contributed by atoms with Crippen LogP contribution in [0.1, 0.15) is 22.0 Å². The predicted molar refractivity (Wildman–Crippen MR) is 98.4 cm³/mol. The number of rotatable bonds is 6. The highest BCUT2D eigenvalue weighted by molar-refractivity contribution is 5.95. The molecule has 152 valence electrons. The maximum Gasteiger partial charge on any atom is 0.387 e. The number of benzene rings is 1. The highest BCUT2D eigenvalue weighted by Gasteiger charge is 2.37. The summed E-state index contributed by atoms with van der Waals surface area (Å²) in [5.74, 6) is -0.308. The number of nitrogens with zero attached hydrogens (tertiary/aromatic N) is 4. The van der Waals surface area contributed by atoms with Gasteiger partial charge in [-0.15, -0.1) is 0 Å². The Morgan fingerprint density at radius 2 is 2.21 bits per heavy atom. The Bertz CT molecular complexity index is 812. The fourth-order valence-corrected chi connectivity index (χ4v) is 3.43. The molecule has 9 heteroatoms. The van der Waals surface area contributed by atoms with E-state index in [9.17, 15) is 13.6 Å². The van der Waals surface area contributed by atoms with Gasteiger partial charge in [0.15, 0.2) is 0 Å². The lowest BCUT2D eigenvalue weighted by molar-refractivity contribution is -0.0685. The van der Waals surface area contributed by atoms with E-state index in [0.29, 0.717) is 19.7 Å². The van der Waals surface area contributed by atoms with Gasteiger partial charge in [0.25, 0.3) is 5.91 Å². The van der Waals surface area contributed by atoms with Crippen LogP contribution in [0.15, 0.2) is 36.7 Å². The second kappa shape index (κ2) is 8.66. The van der Waals surface area contributed by atoms with Gasteiger partial charge in [0.2, 0.25) is 0 Å². The minimum atomic E-state index is -2.94. The van der Waals surface area contributed by atoms with Crippen LogP contribution in [0.25, 0.3) is 0 Å². The highest BCUT2D eigenvalue weighted by atomic mass is 19.3. The van der Waals surface area contributed by atoms with E-state index < -0.39 is 6.61 Å². The molecule has 3 rings (SSSR count). The van der Waals surface area contributed by atoms with Crippen molar-refractivity contribution in [2.24, 2.45) is 7.05 Å². The van der Waals surface area contributed by atoms with Crippen molar-refractivity contribution in [3.63, 3.8) is 0 Å². The molecule has 1 aromatic carbocycles. The first-order valence-corrected chi connectivity index (χ1v) is 8.96. The lowest BCUT2D eigenvalue weighted by Crippen LogP contribution is -2.51. The number of hydrogen-bond acceptors (Lipinski definition) is 5. The van der Waals surface area contributed by atoms with Crippen LogP contribution in [-0.4, -0.2) is 72.0 Å². The summed E-state index contributed by atoms with van der Waals surface area (Å²) in [5, 5.41) is 4.22. The molecule has 7 nitrogen and oxygen atoms in total. The van der Waals surface area contributed by atoms with Gasteiger partial charge in [-0.2, -0.15) is 13.9 Å². The third kappa shape index (κ3) is 4.66. The van der Waals surface area contributed by atoms with Gasteiger partial charge in [0.1, 0.15) is 5.75 Å². The van der Waals surface area contributed by atoms with Crippen LogP contribution >= 0.6 is 0 Å². The molecule has 0 aliphatic carbocycles. The molecule has 2 aromatic rings. The fraction of sp³-hybridized carbons (Fsp3) is 0.474. The van der Waals surface area contributed by atoms with Crippen molar-refractivity contribution in [2.45, 2.75) is 18.8 Å². The molecule has 0 saturated carbocycles. The van der Waals surface area contributed by atoms with E-state index >= 15 is 0 Å². The summed E-state index contributed by atoms with van der Waals surface area (Å²) in [5.41, 5.74) is 1.15. The van der Waals surface area contributed by atoms with Crippen molar-refractivity contribution in [3.8, 4) is 5.75 Å². The first kappa shape index (κ1) is 20.2. The minimum Gasteiger partial charge on any atom is -0.435 e. The van der Waals surface area contributed by atoms with Gasteiger partial charge in [-0.1, -0.05) is 6.07 Å².